The maximum absolute atomic E-state index is 12.6. The first-order valence-electron chi connectivity index (χ1n) is 8.98. The number of piperazine rings is 1. The fourth-order valence-corrected chi connectivity index (χ4v) is 3.29. The van der Waals surface area contributed by atoms with Crippen molar-refractivity contribution in [1.82, 2.24) is 4.90 Å². The van der Waals surface area contributed by atoms with Gasteiger partial charge in [-0.25, -0.2) is 4.79 Å². The second kappa shape index (κ2) is 8.84. The summed E-state index contributed by atoms with van der Waals surface area (Å²) < 4.78 is 5.29. The molecular weight excluding hydrogens is 380 g/mol. The zero-order chi connectivity index (χ0) is 20.1. The summed E-state index contributed by atoms with van der Waals surface area (Å²) in [5.74, 6) is 0.298. The monoisotopic (exact) mass is 402 g/mol. The molecule has 28 heavy (non-hydrogen) atoms. The van der Waals surface area contributed by atoms with Gasteiger partial charge in [0.2, 0.25) is 5.91 Å². The lowest BCUT2D eigenvalue weighted by molar-refractivity contribution is -0.114. The van der Waals surface area contributed by atoms with Crippen LogP contribution in [0.2, 0.25) is 5.02 Å². The number of nitrogens with one attached hydrogen (secondary N) is 2. The molecule has 0 radical (unpaired) electrons. The van der Waals surface area contributed by atoms with Crippen LogP contribution in [0.3, 0.4) is 0 Å². The van der Waals surface area contributed by atoms with Crippen LogP contribution < -0.4 is 20.3 Å². The van der Waals surface area contributed by atoms with Gasteiger partial charge in [-0.3, -0.25) is 4.79 Å². The van der Waals surface area contributed by atoms with Gasteiger partial charge in [0, 0.05) is 55.6 Å². The van der Waals surface area contributed by atoms with E-state index in [9.17, 15) is 9.59 Å². The number of anilines is 3. The quantitative estimate of drug-likeness (QED) is 0.818. The summed E-state index contributed by atoms with van der Waals surface area (Å²) >= 11 is 6.06. The summed E-state index contributed by atoms with van der Waals surface area (Å²) in [6.45, 7) is 4.12. The third kappa shape index (κ3) is 4.86. The number of hydrogen-bond donors (Lipinski definition) is 2. The van der Waals surface area contributed by atoms with Gasteiger partial charge in [0.25, 0.3) is 0 Å². The second-order valence-corrected chi connectivity index (χ2v) is 6.92. The molecule has 0 aliphatic carbocycles. The van der Waals surface area contributed by atoms with E-state index in [2.05, 4.69) is 15.5 Å². The van der Waals surface area contributed by atoms with E-state index in [1.807, 2.05) is 24.3 Å². The molecule has 1 aliphatic rings. The number of carbonyl (C=O) groups excluding carboxylic acids is 2. The van der Waals surface area contributed by atoms with Crippen LogP contribution in [-0.2, 0) is 4.79 Å². The zero-order valence-corrected chi connectivity index (χ0v) is 16.6. The molecule has 8 heteroatoms. The number of amides is 3. The predicted octanol–water partition coefficient (Wildman–Crippen LogP) is 3.66. The van der Waals surface area contributed by atoms with Crippen LogP contribution in [0.15, 0.2) is 42.5 Å². The van der Waals surface area contributed by atoms with Gasteiger partial charge in [-0.15, -0.1) is 0 Å². The van der Waals surface area contributed by atoms with E-state index in [0.717, 1.165) is 18.8 Å². The van der Waals surface area contributed by atoms with Crippen molar-refractivity contribution in [3.05, 3.63) is 47.5 Å². The number of halogens is 1. The van der Waals surface area contributed by atoms with Crippen LogP contribution in [-0.4, -0.2) is 50.1 Å². The molecule has 2 aromatic rings. The molecule has 1 heterocycles. The standard InChI is InChI=1S/C20H23ClN4O3/c1-14(26)22-18-7-6-16(13-19(18)28-2)23-20(27)25-10-8-24(9-11-25)17-5-3-4-15(21)12-17/h3-7,12-13H,8-11H2,1-2H3,(H,22,26)(H,23,27). The second-order valence-electron chi connectivity index (χ2n) is 6.48. The van der Waals surface area contributed by atoms with E-state index < -0.39 is 0 Å². The van der Waals surface area contributed by atoms with Crippen LogP contribution >= 0.6 is 11.6 Å². The van der Waals surface area contributed by atoms with E-state index in [4.69, 9.17) is 16.3 Å². The molecule has 1 saturated heterocycles. The minimum atomic E-state index is -0.187. The summed E-state index contributed by atoms with van der Waals surface area (Å²) in [5.41, 5.74) is 2.22. The molecule has 2 N–H and O–H groups in total. The molecule has 148 valence electrons. The van der Waals surface area contributed by atoms with Crippen molar-refractivity contribution >= 4 is 40.6 Å². The minimum absolute atomic E-state index is 0.167. The van der Waals surface area contributed by atoms with Crippen molar-refractivity contribution in [2.24, 2.45) is 0 Å². The number of urea groups is 1. The number of rotatable bonds is 4. The first kappa shape index (κ1) is 19.8. The maximum Gasteiger partial charge on any atom is 0.321 e. The van der Waals surface area contributed by atoms with E-state index in [1.54, 1.807) is 23.1 Å². The molecule has 0 aromatic heterocycles. The van der Waals surface area contributed by atoms with Gasteiger partial charge in [0.1, 0.15) is 5.75 Å². The topological polar surface area (TPSA) is 73.9 Å². The van der Waals surface area contributed by atoms with Crippen LogP contribution in [0, 0.1) is 0 Å². The fraction of sp³-hybridized carbons (Fsp3) is 0.300. The van der Waals surface area contributed by atoms with E-state index in [0.29, 0.717) is 35.2 Å². The first-order chi connectivity index (χ1) is 13.5. The van der Waals surface area contributed by atoms with Gasteiger partial charge in [0.15, 0.2) is 0 Å². The Morgan fingerprint density at radius 1 is 1.04 bits per heavy atom. The smallest absolute Gasteiger partial charge is 0.321 e. The molecule has 0 bridgehead atoms. The van der Waals surface area contributed by atoms with Crippen LogP contribution in [0.5, 0.6) is 5.75 Å². The normalized spacial score (nSPS) is 13.8. The molecule has 0 atom stereocenters. The number of hydrogen-bond acceptors (Lipinski definition) is 4. The molecule has 0 unspecified atom stereocenters. The Morgan fingerprint density at radius 3 is 2.43 bits per heavy atom. The highest BCUT2D eigenvalue weighted by molar-refractivity contribution is 6.30. The Balaban J connectivity index is 1.59. The molecule has 3 rings (SSSR count). The maximum atomic E-state index is 12.6. The highest BCUT2D eigenvalue weighted by atomic mass is 35.5. The average molecular weight is 403 g/mol. The number of carbonyl (C=O) groups is 2. The van der Waals surface area contributed by atoms with Gasteiger partial charge in [-0.2, -0.15) is 0 Å². The lowest BCUT2D eigenvalue weighted by Crippen LogP contribution is -2.50. The molecule has 0 saturated carbocycles. The molecule has 0 spiro atoms. The Bertz CT molecular complexity index is 866. The third-order valence-electron chi connectivity index (χ3n) is 4.50. The molecule has 2 aromatic carbocycles. The SMILES string of the molecule is COc1cc(NC(=O)N2CCN(c3cccc(Cl)c3)CC2)ccc1NC(C)=O. The highest BCUT2D eigenvalue weighted by Crippen LogP contribution is 2.28. The van der Waals surface area contributed by atoms with Gasteiger partial charge in [-0.05, 0) is 30.3 Å². The number of methoxy groups -OCH3 is 1. The highest BCUT2D eigenvalue weighted by Gasteiger charge is 2.21. The lowest BCUT2D eigenvalue weighted by Gasteiger charge is -2.36. The lowest BCUT2D eigenvalue weighted by atomic mass is 10.2. The van der Waals surface area contributed by atoms with Crippen molar-refractivity contribution in [3.8, 4) is 5.75 Å². The third-order valence-corrected chi connectivity index (χ3v) is 4.74. The van der Waals surface area contributed by atoms with Crippen molar-refractivity contribution in [3.63, 3.8) is 0 Å². The number of benzene rings is 2. The van der Waals surface area contributed by atoms with Crippen LogP contribution in [0.4, 0.5) is 21.9 Å². The Morgan fingerprint density at radius 2 is 1.79 bits per heavy atom. The van der Waals surface area contributed by atoms with Crippen LogP contribution in [0.25, 0.3) is 0 Å². The molecular formula is C20H23ClN4O3. The van der Waals surface area contributed by atoms with Crippen molar-refractivity contribution < 1.29 is 14.3 Å². The molecule has 1 aliphatic heterocycles. The predicted molar refractivity (Wildman–Crippen MR) is 112 cm³/mol. The first-order valence-corrected chi connectivity index (χ1v) is 9.36. The summed E-state index contributed by atoms with van der Waals surface area (Å²) in [6, 6.07) is 12.7. The summed E-state index contributed by atoms with van der Waals surface area (Å²) in [7, 11) is 1.52. The van der Waals surface area contributed by atoms with Crippen molar-refractivity contribution in [2.45, 2.75) is 6.92 Å². The van der Waals surface area contributed by atoms with E-state index in [-0.39, 0.29) is 11.9 Å². The van der Waals surface area contributed by atoms with Crippen molar-refractivity contribution in [2.75, 3.05) is 48.8 Å². The molecule has 3 amide bonds. The van der Waals surface area contributed by atoms with Gasteiger partial charge in [-0.1, -0.05) is 17.7 Å². The van der Waals surface area contributed by atoms with Gasteiger partial charge < -0.3 is 25.2 Å². The van der Waals surface area contributed by atoms with Crippen molar-refractivity contribution in [1.29, 1.82) is 0 Å². The summed E-state index contributed by atoms with van der Waals surface area (Å²) in [6.07, 6.45) is 0. The Hall–Kier alpha value is -2.93. The van der Waals surface area contributed by atoms with Gasteiger partial charge in [0.05, 0.1) is 12.8 Å². The Labute approximate surface area is 169 Å². The summed E-state index contributed by atoms with van der Waals surface area (Å²) in [5, 5.41) is 6.28. The zero-order valence-electron chi connectivity index (χ0n) is 15.9. The largest absolute Gasteiger partial charge is 0.494 e. The van der Waals surface area contributed by atoms with E-state index >= 15 is 0 Å². The number of nitrogens with zero attached hydrogens (tertiary/aromatic N) is 2. The molecule has 1 fully saturated rings. The molecule has 7 nitrogen and oxygen atoms in total. The summed E-state index contributed by atoms with van der Waals surface area (Å²) in [4.78, 5) is 27.8. The Kier molecular flexibility index (Phi) is 6.26. The number of ether oxygens (including phenoxy) is 1. The fourth-order valence-electron chi connectivity index (χ4n) is 3.10. The average Bonchev–Trinajstić information content (AvgIpc) is 2.69. The van der Waals surface area contributed by atoms with Crippen LogP contribution in [0.1, 0.15) is 6.92 Å². The van der Waals surface area contributed by atoms with Gasteiger partial charge >= 0.3 is 6.03 Å². The minimum Gasteiger partial charge on any atom is -0.494 e. The van der Waals surface area contributed by atoms with E-state index in [1.165, 1.54) is 14.0 Å².